The number of aliphatic hydroxyl groups excluding tert-OH is 1. The zero-order valence-electron chi connectivity index (χ0n) is 9.42. The van der Waals surface area contributed by atoms with Crippen LogP contribution in [0.5, 0.6) is 0 Å². The van der Waals surface area contributed by atoms with Gasteiger partial charge in [0.2, 0.25) is 0 Å². The molecule has 0 aliphatic carbocycles. The van der Waals surface area contributed by atoms with Gasteiger partial charge in [-0.15, -0.1) is 0 Å². The molecule has 0 aromatic rings. The summed E-state index contributed by atoms with van der Waals surface area (Å²) >= 11 is 0. The Balaban J connectivity index is 3.50. The molecule has 0 aliphatic heterocycles. The van der Waals surface area contributed by atoms with E-state index in [2.05, 4.69) is 13.8 Å². The zero-order chi connectivity index (χ0) is 10.3. The monoisotopic (exact) mass is 188 g/mol. The summed E-state index contributed by atoms with van der Waals surface area (Å²) in [5.41, 5.74) is 0. The summed E-state index contributed by atoms with van der Waals surface area (Å²) in [7, 11) is 0. The molecule has 13 heavy (non-hydrogen) atoms. The van der Waals surface area contributed by atoms with Crippen LogP contribution in [0.15, 0.2) is 0 Å². The van der Waals surface area contributed by atoms with E-state index < -0.39 is 0 Å². The highest BCUT2D eigenvalue weighted by molar-refractivity contribution is 4.60. The van der Waals surface area contributed by atoms with Gasteiger partial charge in [-0.1, -0.05) is 27.2 Å². The van der Waals surface area contributed by atoms with Gasteiger partial charge in [-0.3, -0.25) is 0 Å². The van der Waals surface area contributed by atoms with Crippen LogP contribution in [0.2, 0.25) is 0 Å². The lowest BCUT2D eigenvalue weighted by atomic mass is 10.1. The molecule has 0 aliphatic rings. The van der Waals surface area contributed by atoms with Gasteiger partial charge < -0.3 is 9.84 Å². The Hall–Kier alpha value is -0.0800. The van der Waals surface area contributed by atoms with E-state index in [1.165, 1.54) is 12.8 Å². The minimum Gasteiger partial charge on any atom is -0.396 e. The number of rotatable bonds is 7. The van der Waals surface area contributed by atoms with Crippen LogP contribution in [0, 0.1) is 11.8 Å². The van der Waals surface area contributed by atoms with E-state index in [0.29, 0.717) is 5.92 Å². The van der Waals surface area contributed by atoms with Crippen molar-refractivity contribution in [2.75, 3.05) is 13.2 Å². The van der Waals surface area contributed by atoms with E-state index in [1.54, 1.807) is 0 Å². The Bertz CT molecular complexity index is 115. The molecule has 1 N–H and O–H groups in total. The van der Waals surface area contributed by atoms with E-state index in [9.17, 15) is 0 Å². The van der Waals surface area contributed by atoms with Crippen LogP contribution in [0.1, 0.15) is 40.5 Å². The number of ether oxygens (including phenoxy) is 1. The van der Waals surface area contributed by atoms with E-state index >= 15 is 0 Å². The molecule has 0 saturated heterocycles. The van der Waals surface area contributed by atoms with Crippen LogP contribution in [-0.2, 0) is 4.74 Å². The molecule has 80 valence electrons. The Labute approximate surface area is 82.3 Å². The van der Waals surface area contributed by atoms with Gasteiger partial charge in [0.05, 0.1) is 6.10 Å². The highest BCUT2D eigenvalue weighted by Crippen LogP contribution is 2.10. The third-order valence-corrected chi connectivity index (χ3v) is 2.51. The molecule has 2 nitrogen and oxygen atoms in total. The molecule has 3 unspecified atom stereocenters. The molecule has 2 heteroatoms. The van der Waals surface area contributed by atoms with Gasteiger partial charge in [0.15, 0.2) is 0 Å². The molecule has 0 aromatic heterocycles. The second-order valence-corrected chi connectivity index (χ2v) is 4.09. The molecule has 0 aromatic carbocycles. The average molecular weight is 188 g/mol. The summed E-state index contributed by atoms with van der Waals surface area (Å²) in [4.78, 5) is 0. The third kappa shape index (κ3) is 6.05. The van der Waals surface area contributed by atoms with Crippen molar-refractivity contribution < 1.29 is 9.84 Å². The van der Waals surface area contributed by atoms with Gasteiger partial charge in [0.25, 0.3) is 0 Å². The van der Waals surface area contributed by atoms with E-state index in [1.807, 2.05) is 13.8 Å². The predicted molar refractivity (Wildman–Crippen MR) is 55.7 cm³/mol. The van der Waals surface area contributed by atoms with Crippen molar-refractivity contribution in [1.29, 1.82) is 0 Å². The van der Waals surface area contributed by atoms with Gasteiger partial charge in [0.1, 0.15) is 0 Å². The standard InChI is InChI=1S/C11H24O2/c1-5-6-9(2)8-13-11(4)10(3)7-12/h9-12H,5-8H2,1-4H3. The first kappa shape index (κ1) is 12.9. The average Bonchev–Trinajstić information content (AvgIpc) is 2.13. The molecule has 0 heterocycles. The highest BCUT2D eigenvalue weighted by Gasteiger charge is 2.12. The van der Waals surface area contributed by atoms with Crippen molar-refractivity contribution in [2.45, 2.75) is 46.6 Å². The quantitative estimate of drug-likeness (QED) is 0.665. The van der Waals surface area contributed by atoms with Gasteiger partial charge >= 0.3 is 0 Å². The smallest absolute Gasteiger partial charge is 0.0594 e. The molecule has 0 amide bonds. The molecular weight excluding hydrogens is 164 g/mol. The number of aliphatic hydroxyl groups is 1. The largest absolute Gasteiger partial charge is 0.396 e. The normalized spacial score (nSPS) is 18.2. The first-order chi connectivity index (χ1) is 6.11. The lowest BCUT2D eigenvalue weighted by molar-refractivity contribution is -0.00433. The Morgan fingerprint density at radius 3 is 2.31 bits per heavy atom. The second-order valence-electron chi connectivity index (χ2n) is 4.09. The topological polar surface area (TPSA) is 29.5 Å². The lowest BCUT2D eigenvalue weighted by Crippen LogP contribution is -2.23. The van der Waals surface area contributed by atoms with Crippen LogP contribution in [-0.4, -0.2) is 24.4 Å². The maximum Gasteiger partial charge on any atom is 0.0594 e. The van der Waals surface area contributed by atoms with Crippen LogP contribution >= 0.6 is 0 Å². The first-order valence-corrected chi connectivity index (χ1v) is 5.34. The second kappa shape index (κ2) is 7.34. The summed E-state index contributed by atoms with van der Waals surface area (Å²) in [6, 6.07) is 0. The van der Waals surface area contributed by atoms with Crippen LogP contribution in [0.25, 0.3) is 0 Å². The van der Waals surface area contributed by atoms with Crippen LogP contribution in [0.4, 0.5) is 0 Å². The number of hydrogen-bond donors (Lipinski definition) is 1. The third-order valence-electron chi connectivity index (χ3n) is 2.51. The molecule has 0 fully saturated rings. The molecule has 0 bridgehead atoms. The van der Waals surface area contributed by atoms with Gasteiger partial charge in [0, 0.05) is 19.1 Å². The Morgan fingerprint density at radius 2 is 1.85 bits per heavy atom. The fourth-order valence-electron chi connectivity index (χ4n) is 1.20. The zero-order valence-corrected chi connectivity index (χ0v) is 9.42. The maximum absolute atomic E-state index is 8.89. The van der Waals surface area contributed by atoms with E-state index in [4.69, 9.17) is 9.84 Å². The maximum atomic E-state index is 8.89. The van der Waals surface area contributed by atoms with Crippen LogP contribution < -0.4 is 0 Å². The van der Waals surface area contributed by atoms with Crippen molar-refractivity contribution in [1.82, 2.24) is 0 Å². The summed E-state index contributed by atoms with van der Waals surface area (Å²) < 4.78 is 5.65. The molecule has 0 saturated carbocycles. The highest BCUT2D eigenvalue weighted by atomic mass is 16.5. The Kier molecular flexibility index (Phi) is 7.29. The summed E-state index contributed by atoms with van der Waals surface area (Å²) in [5.74, 6) is 0.882. The lowest BCUT2D eigenvalue weighted by Gasteiger charge is -2.20. The minimum absolute atomic E-state index is 0.171. The summed E-state index contributed by atoms with van der Waals surface area (Å²) in [6.07, 6.45) is 2.61. The predicted octanol–water partition coefficient (Wildman–Crippen LogP) is 2.46. The molecule has 0 radical (unpaired) electrons. The van der Waals surface area contributed by atoms with Crippen LogP contribution in [0.3, 0.4) is 0 Å². The van der Waals surface area contributed by atoms with Crippen molar-refractivity contribution in [3.63, 3.8) is 0 Å². The fraction of sp³-hybridized carbons (Fsp3) is 1.00. The molecular formula is C11H24O2. The van der Waals surface area contributed by atoms with Gasteiger partial charge in [-0.2, -0.15) is 0 Å². The van der Waals surface area contributed by atoms with Crippen molar-refractivity contribution >= 4 is 0 Å². The molecule has 3 atom stereocenters. The molecule has 0 rings (SSSR count). The Morgan fingerprint density at radius 1 is 1.23 bits per heavy atom. The summed E-state index contributed by atoms with van der Waals surface area (Å²) in [6.45, 7) is 9.47. The SMILES string of the molecule is CCCC(C)COC(C)C(C)CO. The van der Waals surface area contributed by atoms with Gasteiger partial charge in [-0.25, -0.2) is 0 Å². The number of hydrogen-bond acceptors (Lipinski definition) is 2. The van der Waals surface area contributed by atoms with Crippen molar-refractivity contribution in [3.8, 4) is 0 Å². The van der Waals surface area contributed by atoms with Gasteiger partial charge in [-0.05, 0) is 19.3 Å². The van der Waals surface area contributed by atoms with E-state index in [0.717, 1.165) is 6.61 Å². The van der Waals surface area contributed by atoms with E-state index in [-0.39, 0.29) is 18.6 Å². The first-order valence-electron chi connectivity index (χ1n) is 5.34. The summed E-state index contributed by atoms with van der Waals surface area (Å²) in [5, 5.41) is 8.89. The van der Waals surface area contributed by atoms with Crippen molar-refractivity contribution in [3.05, 3.63) is 0 Å². The minimum atomic E-state index is 0.171. The van der Waals surface area contributed by atoms with Crippen molar-refractivity contribution in [2.24, 2.45) is 11.8 Å². The molecule has 0 spiro atoms. The fourth-order valence-corrected chi connectivity index (χ4v) is 1.20.